The van der Waals surface area contributed by atoms with Gasteiger partial charge >= 0.3 is 0 Å². The van der Waals surface area contributed by atoms with Gasteiger partial charge in [-0.05, 0) is 44.5 Å². The molecular weight excluding hydrogens is 416 g/mol. The standard InChI is InChI=1S/C20H26O7S2/c1-16-4-8-19(9-5-16)28(21,22)26-14-18(12-13-25-3)15-27-29(23,24)20-10-6-17(2)7-11-20/h4-11,18H,12-15H2,1-3H3. The van der Waals surface area contributed by atoms with E-state index in [2.05, 4.69) is 0 Å². The molecule has 0 aromatic heterocycles. The minimum absolute atomic E-state index is 0.0433. The van der Waals surface area contributed by atoms with Crippen LogP contribution < -0.4 is 0 Å². The van der Waals surface area contributed by atoms with E-state index in [0.29, 0.717) is 13.0 Å². The first kappa shape index (κ1) is 23.5. The number of rotatable bonds is 11. The van der Waals surface area contributed by atoms with Crippen LogP contribution >= 0.6 is 0 Å². The third-order valence-corrected chi connectivity index (χ3v) is 6.86. The van der Waals surface area contributed by atoms with Gasteiger partial charge in [-0.1, -0.05) is 35.4 Å². The summed E-state index contributed by atoms with van der Waals surface area (Å²) in [7, 11) is -6.40. The summed E-state index contributed by atoms with van der Waals surface area (Å²) in [5.74, 6) is -0.490. The minimum Gasteiger partial charge on any atom is -0.385 e. The zero-order valence-corrected chi connectivity index (χ0v) is 18.3. The van der Waals surface area contributed by atoms with Gasteiger partial charge in [-0.3, -0.25) is 8.37 Å². The van der Waals surface area contributed by atoms with Crippen LogP contribution in [0, 0.1) is 19.8 Å². The number of ether oxygens (including phenoxy) is 1. The molecule has 0 bridgehead atoms. The van der Waals surface area contributed by atoms with Crippen molar-refractivity contribution in [2.24, 2.45) is 5.92 Å². The van der Waals surface area contributed by atoms with Gasteiger partial charge in [-0.2, -0.15) is 16.8 Å². The lowest BCUT2D eigenvalue weighted by Crippen LogP contribution is -2.22. The summed E-state index contributed by atoms with van der Waals surface area (Å²) in [5, 5.41) is 0. The van der Waals surface area contributed by atoms with E-state index < -0.39 is 26.2 Å². The summed E-state index contributed by atoms with van der Waals surface area (Å²) in [6.45, 7) is 3.58. The van der Waals surface area contributed by atoms with E-state index in [-0.39, 0.29) is 23.0 Å². The van der Waals surface area contributed by atoms with Crippen molar-refractivity contribution in [1.82, 2.24) is 0 Å². The monoisotopic (exact) mass is 442 g/mol. The number of benzene rings is 2. The largest absolute Gasteiger partial charge is 0.385 e. The first-order valence-corrected chi connectivity index (χ1v) is 11.9. The fraction of sp³-hybridized carbons (Fsp3) is 0.400. The predicted molar refractivity (Wildman–Crippen MR) is 109 cm³/mol. The molecule has 0 aliphatic carbocycles. The molecule has 7 nitrogen and oxygen atoms in total. The Morgan fingerprint density at radius 1 is 0.724 bits per heavy atom. The van der Waals surface area contributed by atoms with Crippen molar-refractivity contribution >= 4 is 20.2 Å². The number of methoxy groups -OCH3 is 1. The molecule has 0 atom stereocenters. The van der Waals surface area contributed by atoms with Gasteiger partial charge in [0.1, 0.15) is 0 Å². The van der Waals surface area contributed by atoms with Crippen molar-refractivity contribution in [3.8, 4) is 0 Å². The topological polar surface area (TPSA) is 96.0 Å². The SMILES string of the molecule is COCCC(COS(=O)(=O)c1ccc(C)cc1)COS(=O)(=O)c1ccc(C)cc1. The molecule has 0 aliphatic rings. The highest BCUT2D eigenvalue weighted by Gasteiger charge is 2.22. The van der Waals surface area contributed by atoms with Gasteiger partial charge in [-0.15, -0.1) is 0 Å². The fourth-order valence-corrected chi connectivity index (χ4v) is 4.37. The van der Waals surface area contributed by atoms with Crippen LogP contribution in [0.25, 0.3) is 0 Å². The number of hydrogen-bond donors (Lipinski definition) is 0. The molecule has 0 saturated heterocycles. The third-order valence-electron chi connectivity index (χ3n) is 4.27. The van der Waals surface area contributed by atoms with E-state index in [9.17, 15) is 16.8 Å². The summed E-state index contributed by atoms with van der Waals surface area (Å²) < 4.78 is 64.8. The zero-order valence-electron chi connectivity index (χ0n) is 16.7. The van der Waals surface area contributed by atoms with Gasteiger partial charge in [0.2, 0.25) is 0 Å². The summed E-state index contributed by atoms with van der Waals surface area (Å²) in [6, 6.07) is 12.6. The molecule has 2 aromatic carbocycles. The lowest BCUT2D eigenvalue weighted by atomic mass is 10.1. The molecule has 0 heterocycles. The summed E-state index contributed by atoms with van der Waals surface area (Å²) in [5.41, 5.74) is 1.85. The normalized spacial score (nSPS) is 12.4. The van der Waals surface area contributed by atoms with Crippen molar-refractivity contribution in [2.45, 2.75) is 30.1 Å². The zero-order chi connectivity index (χ0) is 21.5. The average molecular weight is 443 g/mol. The molecule has 0 fully saturated rings. The number of aryl methyl sites for hydroxylation is 2. The van der Waals surface area contributed by atoms with Crippen LogP contribution in [-0.2, 0) is 33.3 Å². The summed E-state index contributed by atoms with van der Waals surface area (Å²) >= 11 is 0. The van der Waals surface area contributed by atoms with Crippen LogP contribution in [0.4, 0.5) is 0 Å². The Labute approximate surface area is 172 Å². The lowest BCUT2D eigenvalue weighted by molar-refractivity contribution is 0.128. The molecule has 160 valence electrons. The van der Waals surface area contributed by atoms with E-state index in [4.69, 9.17) is 13.1 Å². The van der Waals surface area contributed by atoms with E-state index in [1.54, 1.807) is 24.3 Å². The van der Waals surface area contributed by atoms with E-state index >= 15 is 0 Å². The highest BCUT2D eigenvalue weighted by Crippen LogP contribution is 2.18. The molecule has 0 aliphatic heterocycles. The Balaban J connectivity index is 2.03. The molecule has 29 heavy (non-hydrogen) atoms. The second kappa shape index (κ2) is 10.3. The first-order valence-electron chi connectivity index (χ1n) is 9.05. The third kappa shape index (κ3) is 7.20. The van der Waals surface area contributed by atoms with Crippen LogP contribution in [0.15, 0.2) is 58.3 Å². The van der Waals surface area contributed by atoms with E-state index in [1.165, 1.54) is 31.4 Å². The Bertz CT molecular complexity index is 901. The summed E-state index contributed by atoms with van der Waals surface area (Å²) in [4.78, 5) is 0.0866. The Morgan fingerprint density at radius 2 is 1.10 bits per heavy atom. The maximum atomic E-state index is 12.4. The molecule has 0 radical (unpaired) electrons. The van der Waals surface area contributed by atoms with Crippen molar-refractivity contribution in [3.63, 3.8) is 0 Å². The Hall–Kier alpha value is -1.78. The van der Waals surface area contributed by atoms with Gasteiger partial charge in [0, 0.05) is 19.6 Å². The highest BCUT2D eigenvalue weighted by atomic mass is 32.2. The first-order chi connectivity index (χ1) is 13.6. The second-order valence-electron chi connectivity index (χ2n) is 6.75. The predicted octanol–water partition coefficient (Wildman–Crippen LogP) is 3.07. The van der Waals surface area contributed by atoms with Crippen LogP contribution in [-0.4, -0.2) is 43.8 Å². The maximum Gasteiger partial charge on any atom is 0.296 e. The lowest BCUT2D eigenvalue weighted by Gasteiger charge is -2.17. The number of hydrogen-bond acceptors (Lipinski definition) is 7. The van der Waals surface area contributed by atoms with Crippen LogP contribution in [0.3, 0.4) is 0 Å². The Kier molecular flexibility index (Phi) is 8.35. The second-order valence-corrected chi connectivity index (χ2v) is 9.98. The quantitative estimate of drug-likeness (QED) is 0.494. The van der Waals surface area contributed by atoms with Gasteiger partial charge in [0.05, 0.1) is 23.0 Å². The molecule has 0 unspecified atom stereocenters. The fourth-order valence-electron chi connectivity index (χ4n) is 2.42. The summed E-state index contributed by atoms with van der Waals surface area (Å²) in [6.07, 6.45) is 0.378. The highest BCUT2D eigenvalue weighted by molar-refractivity contribution is 7.87. The Morgan fingerprint density at radius 3 is 1.45 bits per heavy atom. The van der Waals surface area contributed by atoms with Crippen molar-refractivity contribution in [2.75, 3.05) is 26.9 Å². The van der Waals surface area contributed by atoms with Gasteiger partial charge in [0.25, 0.3) is 20.2 Å². The molecule has 2 aromatic rings. The van der Waals surface area contributed by atoms with E-state index in [1.807, 2.05) is 13.8 Å². The van der Waals surface area contributed by atoms with Crippen LogP contribution in [0.1, 0.15) is 17.5 Å². The molecule has 0 N–H and O–H groups in total. The van der Waals surface area contributed by atoms with Crippen LogP contribution in [0.2, 0.25) is 0 Å². The van der Waals surface area contributed by atoms with Crippen molar-refractivity contribution in [1.29, 1.82) is 0 Å². The van der Waals surface area contributed by atoms with Crippen LogP contribution in [0.5, 0.6) is 0 Å². The van der Waals surface area contributed by atoms with Gasteiger partial charge in [0.15, 0.2) is 0 Å². The molecule has 9 heteroatoms. The smallest absolute Gasteiger partial charge is 0.296 e. The van der Waals surface area contributed by atoms with Crippen molar-refractivity contribution in [3.05, 3.63) is 59.7 Å². The molecule has 0 spiro atoms. The molecular formula is C20H26O7S2. The van der Waals surface area contributed by atoms with Crippen molar-refractivity contribution < 1.29 is 29.9 Å². The van der Waals surface area contributed by atoms with Gasteiger partial charge in [-0.25, -0.2) is 0 Å². The molecule has 2 rings (SSSR count). The maximum absolute atomic E-state index is 12.4. The molecule has 0 amide bonds. The van der Waals surface area contributed by atoms with E-state index in [0.717, 1.165) is 11.1 Å². The minimum atomic E-state index is -3.95. The van der Waals surface area contributed by atoms with Gasteiger partial charge < -0.3 is 4.74 Å². The average Bonchev–Trinajstić information content (AvgIpc) is 2.68. The molecule has 0 saturated carbocycles.